The lowest BCUT2D eigenvalue weighted by atomic mass is 10.2. The lowest BCUT2D eigenvalue weighted by Crippen LogP contribution is -2.34. The molecule has 0 fully saturated rings. The third kappa shape index (κ3) is 4.17. The predicted molar refractivity (Wildman–Crippen MR) is 85.7 cm³/mol. The van der Waals surface area contributed by atoms with E-state index >= 15 is 0 Å². The number of nitrogens with one attached hydrogen (secondary N) is 3. The average molecular weight is 287 g/mol. The molecular formula is C14H17N5S. The van der Waals surface area contributed by atoms with Gasteiger partial charge in [-0.3, -0.25) is 10.9 Å². The van der Waals surface area contributed by atoms with Crippen LogP contribution in [0.3, 0.4) is 0 Å². The topological polar surface area (TPSA) is 61.9 Å². The van der Waals surface area contributed by atoms with Gasteiger partial charge < -0.3 is 5.32 Å². The summed E-state index contributed by atoms with van der Waals surface area (Å²) in [5, 5.41) is 3.53. The quantitative estimate of drug-likeness (QED) is 0.596. The van der Waals surface area contributed by atoms with E-state index in [1.54, 1.807) is 0 Å². The molecule has 0 saturated heterocycles. The number of aryl methyl sites for hydroxylation is 3. The number of rotatable bonds is 3. The molecule has 0 spiro atoms. The Bertz CT molecular complexity index is 589. The largest absolute Gasteiger partial charge is 0.331 e. The van der Waals surface area contributed by atoms with E-state index in [-0.39, 0.29) is 0 Å². The van der Waals surface area contributed by atoms with Crippen LogP contribution in [0.5, 0.6) is 0 Å². The standard InChI is InChI=1S/C14H17N5S/c1-9-4-6-12(7-5-9)17-14(20)19-18-13-15-10(2)8-11(3)16-13/h4-8H,1-3H3,(H,15,16,18)(H2,17,19,20). The first-order chi connectivity index (χ1) is 9.52. The van der Waals surface area contributed by atoms with Crippen LogP contribution in [0.1, 0.15) is 17.0 Å². The Morgan fingerprint density at radius 2 is 1.60 bits per heavy atom. The Kier molecular flexibility index (Phi) is 4.47. The molecule has 0 aliphatic rings. The van der Waals surface area contributed by atoms with Crippen LogP contribution in [0.2, 0.25) is 0 Å². The van der Waals surface area contributed by atoms with Crippen LogP contribution in [0.25, 0.3) is 0 Å². The van der Waals surface area contributed by atoms with Crippen LogP contribution in [-0.4, -0.2) is 15.1 Å². The molecule has 6 heteroatoms. The van der Waals surface area contributed by atoms with Crippen LogP contribution < -0.4 is 16.2 Å². The van der Waals surface area contributed by atoms with Crippen molar-refractivity contribution >= 4 is 29.0 Å². The lowest BCUT2D eigenvalue weighted by molar-refractivity contribution is 0.991. The highest BCUT2D eigenvalue weighted by molar-refractivity contribution is 7.80. The number of nitrogens with zero attached hydrogens (tertiary/aromatic N) is 2. The lowest BCUT2D eigenvalue weighted by Gasteiger charge is -2.12. The summed E-state index contributed by atoms with van der Waals surface area (Å²) < 4.78 is 0. The van der Waals surface area contributed by atoms with Crippen molar-refractivity contribution < 1.29 is 0 Å². The molecule has 20 heavy (non-hydrogen) atoms. The fourth-order valence-electron chi connectivity index (χ4n) is 1.69. The van der Waals surface area contributed by atoms with Gasteiger partial charge in [-0.05, 0) is 51.2 Å². The van der Waals surface area contributed by atoms with Gasteiger partial charge in [0.05, 0.1) is 0 Å². The number of benzene rings is 1. The monoisotopic (exact) mass is 287 g/mol. The average Bonchev–Trinajstić information content (AvgIpc) is 2.38. The third-order valence-electron chi connectivity index (χ3n) is 2.58. The molecule has 2 aromatic rings. The summed E-state index contributed by atoms with van der Waals surface area (Å²) in [7, 11) is 0. The molecule has 0 aliphatic carbocycles. The van der Waals surface area contributed by atoms with Gasteiger partial charge in [0.25, 0.3) is 0 Å². The predicted octanol–water partition coefficient (Wildman–Crippen LogP) is 2.72. The Labute approximate surface area is 123 Å². The Morgan fingerprint density at radius 3 is 2.20 bits per heavy atom. The molecule has 104 valence electrons. The molecule has 1 aromatic carbocycles. The zero-order valence-corrected chi connectivity index (χ0v) is 12.5. The van der Waals surface area contributed by atoms with E-state index in [1.165, 1.54) is 5.56 Å². The van der Waals surface area contributed by atoms with E-state index in [4.69, 9.17) is 12.2 Å². The molecular weight excluding hydrogens is 270 g/mol. The molecule has 3 N–H and O–H groups in total. The molecule has 1 aromatic heterocycles. The molecule has 1 heterocycles. The Balaban J connectivity index is 1.90. The first-order valence-corrected chi connectivity index (χ1v) is 6.66. The number of hydrazine groups is 1. The molecule has 0 atom stereocenters. The molecule has 0 aliphatic heterocycles. The minimum Gasteiger partial charge on any atom is -0.331 e. The van der Waals surface area contributed by atoms with Crippen molar-refractivity contribution in [2.24, 2.45) is 0 Å². The van der Waals surface area contributed by atoms with E-state index in [1.807, 2.05) is 51.1 Å². The normalized spacial score (nSPS) is 9.95. The van der Waals surface area contributed by atoms with E-state index in [0.29, 0.717) is 11.1 Å². The molecule has 0 bridgehead atoms. The zero-order chi connectivity index (χ0) is 14.5. The molecule has 0 amide bonds. The van der Waals surface area contributed by atoms with Gasteiger partial charge in [-0.1, -0.05) is 17.7 Å². The number of hydrogen-bond donors (Lipinski definition) is 3. The van der Waals surface area contributed by atoms with Crippen molar-refractivity contribution in [3.8, 4) is 0 Å². The highest BCUT2D eigenvalue weighted by atomic mass is 32.1. The number of aromatic nitrogens is 2. The first-order valence-electron chi connectivity index (χ1n) is 6.25. The van der Waals surface area contributed by atoms with Crippen molar-refractivity contribution in [3.63, 3.8) is 0 Å². The minimum atomic E-state index is 0.455. The summed E-state index contributed by atoms with van der Waals surface area (Å²) in [6.45, 7) is 5.88. The van der Waals surface area contributed by atoms with Crippen LogP contribution >= 0.6 is 12.2 Å². The fraction of sp³-hybridized carbons (Fsp3) is 0.214. The minimum absolute atomic E-state index is 0.455. The summed E-state index contributed by atoms with van der Waals surface area (Å²) >= 11 is 5.19. The van der Waals surface area contributed by atoms with Crippen molar-refractivity contribution in [1.82, 2.24) is 15.4 Å². The van der Waals surface area contributed by atoms with Crippen molar-refractivity contribution in [2.75, 3.05) is 10.7 Å². The van der Waals surface area contributed by atoms with E-state index in [9.17, 15) is 0 Å². The van der Waals surface area contributed by atoms with Crippen molar-refractivity contribution in [1.29, 1.82) is 0 Å². The summed E-state index contributed by atoms with van der Waals surface area (Å²) in [6.07, 6.45) is 0. The SMILES string of the molecule is Cc1ccc(NC(=S)NNc2nc(C)cc(C)n2)cc1. The summed E-state index contributed by atoms with van der Waals surface area (Å²) in [4.78, 5) is 8.50. The maximum absolute atomic E-state index is 5.19. The van der Waals surface area contributed by atoms with Gasteiger partial charge in [0, 0.05) is 17.1 Å². The maximum Gasteiger partial charge on any atom is 0.242 e. The van der Waals surface area contributed by atoms with E-state index in [2.05, 4.69) is 26.1 Å². The van der Waals surface area contributed by atoms with Crippen LogP contribution in [0.15, 0.2) is 30.3 Å². The summed E-state index contributed by atoms with van der Waals surface area (Å²) in [6, 6.07) is 9.89. The molecule has 2 rings (SSSR count). The van der Waals surface area contributed by atoms with Gasteiger partial charge in [0.2, 0.25) is 5.95 Å². The fourth-order valence-corrected chi connectivity index (χ4v) is 1.86. The van der Waals surface area contributed by atoms with Crippen molar-refractivity contribution in [3.05, 3.63) is 47.3 Å². The molecule has 0 radical (unpaired) electrons. The van der Waals surface area contributed by atoms with Crippen molar-refractivity contribution in [2.45, 2.75) is 20.8 Å². The highest BCUT2D eigenvalue weighted by Crippen LogP contribution is 2.08. The number of anilines is 2. The zero-order valence-electron chi connectivity index (χ0n) is 11.7. The van der Waals surface area contributed by atoms with Gasteiger partial charge in [0.1, 0.15) is 0 Å². The summed E-state index contributed by atoms with van der Waals surface area (Å²) in [5.41, 5.74) is 9.68. The van der Waals surface area contributed by atoms with E-state index in [0.717, 1.165) is 17.1 Å². The Morgan fingerprint density at radius 1 is 1.00 bits per heavy atom. The third-order valence-corrected chi connectivity index (χ3v) is 2.78. The molecule has 0 unspecified atom stereocenters. The highest BCUT2D eigenvalue weighted by Gasteiger charge is 2.00. The smallest absolute Gasteiger partial charge is 0.242 e. The summed E-state index contributed by atoms with van der Waals surface area (Å²) in [5.74, 6) is 0.496. The Hall–Kier alpha value is -2.21. The second-order valence-corrected chi connectivity index (χ2v) is 4.95. The van der Waals surface area contributed by atoms with Crippen LogP contribution in [0.4, 0.5) is 11.6 Å². The van der Waals surface area contributed by atoms with Gasteiger partial charge in [-0.25, -0.2) is 9.97 Å². The van der Waals surface area contributed by atoms with E-state index < -0.39 is 0 Å². The number of hydrogen-bond acceptors (Lipinski definition) is 4. The molecule has 5 nitrogen and oxygen atoms in total. The van der Waals surface area contributed by atoms with Gasteiger partial charge in [0.15, 0.2) is 5.11 Å². The first kappa shape index (κ1) is 14.2. The van der Waals surface area contributed by atoms with Crippen LogP contribution in [0, 0.1) is 20.8 Å². The second kappa shape index (κ2) is 6.29. The molecule has 0 saturated carbocycles. The van der Waals surface area contributed by atoms with Gasteiger partial charge in [-0.2, -0.15) is 0 Å². The second-order valence-electron chi connectivity index (χ2n) is 4.54. The van der Waals surface area contributed by atoms with Crippen LogP contribution in [-0.2, 0) is 0 Å². The number of thiocarbonyl (C=S) groups is 1. The van der Waals surface area contributed by atoms with Gasteiger partial charge in [-0.15, -0.1) is 0 Å². The van der Waals surface area contributed by atoms with Gasteiger partial charge >= 0.3 is 0 Å². The maximum atomic E-state index is 5.19.